The van der Waals surface area contributed by atoms with E-state index < -0.39 is 0 Å². The zero-order chi connectivity index (χ0) is 28.0. The van der Waals surface area contributed by atoms with Crippen molar-refractivity contribution in [3.05, 3.63) is 47.5 Å². The third-order valence-electron chi connectivity index (χ3n) is 8.90. The molecule has 0 unspecified atom stereocenters. The minimum Gasteiger partial charge on any atom is -0.480 e. The van der Waals surface area contributed by atoms with Crippen LogP contribution in [0.25, 0.3) is 11.0 Å². The number of aromatic nitrogens is 3. The number of pyridine rings is 3. The van der Waals surface area contributed by atoms with Crippen molar-refractivity contribution in [1.29, 1.82) is 0 Å². The summed E-state index contributed by atoms with van der Waals surface area (Å²) in [5.74, 6) is 0.871. The van der Waals surface area contributed by atoms with Crippen LogP contribution in [0.3, 0.4) is 0 Å². The SMILES string of the molecule is N[C@@H]1CO[C@@H]1COc1ccc2ncc(F)c(CCC34CCC(NCc5ccc6c(n5)NC(=O)CO6)(CC3)CO4)c2n1. The van der Waals surface area contributed by atoms with E-state index in [2.05, 4.69) is 25.6 Å². The van der Waals surface area contributed by atoms with E-state index in [9.17, 15) is 4.79 Å². The fourth-order valence-electron chi connectivity index (χ4n) is 6.13. The van der Waals surface area contributed by atoms with Crippen molar-refractivity contribution in [2.75, 3.05) is 31.7 Å². The van der Waals surface area contributed by atoms with Crippen molar-refractivity contribution in [2.45, 2.75) is 68.4 Å². The summed E-state index contributed by atoms with van der Waals surface area (Å²) < 4.78 is 38.1. The lowest BCUT2D eigenvalue weighted by Crippen LogP contribution is -2.61. The molecule has 4 N–H and O–H groups in total. The molecule has 1 saturated carbocycles. The van der Waals surface area contributed by atoms with Gasteiger partial charge in [-0.3, -0.25) is 9.78 Å². The van der Waals surface area contributed by atoms with Gasteiger partial charge in [0.05, 0.1) is 47.8 Å². The van der Waals surface area contributed by atoms with Gasteiger partial charge in [0, 0.05) is 23.7 Å². The Kier molecular flexibility index (Phi) is 6.73. The van der Waals surface area contributed by atoms with Crippen molar-refractivity contribution < 1.29 is 28.1 Å². The summed E-state index contributed by atoms with van der Waals surface area (Å²) in [6.45, 7) is 1.98. The summed E-state index contributed by atoms with van der Waals surface area (Å²) in [4.78, 5) is 25.0. The molecule has 7 heterocycles. The van der Waals surface area contributed by atoms with Crippen LogP contribution < -0.4 is 25.8 Å². The highest BCUT2D eigenvalue weighted by atomic mass is 19.1. The lowest BCUT2D eigenvalue weighted by atomic mass is 9.69. The Bertz CT molecular complexity index is 1460. The quantitative estimate of drug-likeness (QED) is 0.355. The standard InChI is InChI=1S/C29H33FN6O5/c30-19-12-32-21-2-4-25(40-14-23-20(31)13-38-23)36-26(21)18(19)5-6-29-9-7-28(8-10-29,16-41-29)33-11-17-1-3-22-27(34-17)35-24(37)15-39-22/h1-4,12,20,23,33H,5-11,13-16,31H2,(H,34,35,37)/t20-,23-,28?,29?/m1/s1. The van der Waals surface area contributed by atoms with Gasteiger partial charge in [-0.1, -0.05) is 0 Å². The summed E-state index contributed by atoms with van der Waals surface area (Å²) in [5.41, 5.74) is 8.00. The van der Waals surface area contributed by atoms with Gasteiger partial charge >= 0.3 is 0 Å². The van der Waals surface area contributed by atoms with Crippen molar-refractivity contribution in [2.24, 2.45) is 5.73 Å². The second-order valence-electron chi connectivity index (χ2n) is 11.5. The van der Waals surface area contributed by atoms with Crippen LogP contribution in [0.15, 0.2) is 30.5 Å². The van der Waals surface area contributed by atoms with Gasteiger partial charge in [0.25, 0.3) is 5.91 Å². The number of aryl methyl sites for hydroxylation is 1. The fourth-order valence-corrected chi connectivity index (χ4v) is 6.13. The van der Waals surface area contributed by atoms with Crippen molar-refractivity contribution >= 4 is 22.8 Å². The monoisotopic (exact) mass is 564 g/mol. The molecule has 4 fully saturated rings. The first-order valence-electron chi connectivity index (χ1n) is 14.2. The number of carbonyl (C=O) groups excluding carboxylic acids is 1. The summed E-state index contributed by atoms with van der Waals surface area (Å²) in [7, 11) is 0. The van der Waals surface area contributed by atoms with E-state index in [1.807, 2.05) is 12.1 Å². The van der Waals surface area contributed by atoms with E-state index in [1.165, 1.54) is 6.20 Å². The van der Waals surface area contributed by atoms with Crippen molar-refractivity contribution in [3.8, 4) is 11.6 Å². The summed E-state index contributed by atoms with van der Waals surface area (Å²) >= 11 is 0. The predicted octanol–water partition coefficient (Wildman–Crippen LogP) is 2.40. The van der Waals surface area contributed by atoms with Crippen LogP contribution in [0.4, 0.5) is 10.2 Å². The number of anilines is 1. The molecular formula is C29H33FN6O5. The largest absolute Gasteiger partial charge is 0.480 e. The fraction of sp³-hybridized carbons (Fsp3) is 0.517. The maximum absolute atomic E-state index is 15.1. The molecule has 3 aromatic heterocycles. The minimum atomic E-state index is -0.371. The van der Waals surface area contributed by atoms with E-state index in [4.69, 9.17) is 24.7 Å². The number of hydrogen-bond donors (Lipinski definition) is 3. The topological polar surface area (TPSA) is 143 Å². The van der Waals surface area contributed by atoms with Crippen LogP contribution in [0.5, 0.6) is 11.6 Å². The molecule has 0 aromatic carbocycles. The molecule has 12 heteroatoms. The highest BCUT2D eigenvalue weighted by Crippen LogP contribution is 2.46. The highest BCUT2D eigenvalue weighted by Gasteiger charge is 2.49. The van der Waals surface area contributed by atoms with Gasteiger partial charge in [0.1, 0.15) is 18.5 Å². The number of halogens is 1. The molecule has 4 aliphatic heterocycles. The first-order valence-corrected chi connectivity index (χ1v) is 14.2. The van der Waals surface area contributed by atoms with Gasteiger partial charge in [-0.15, -0.1) is 0 Å². The van der Waals surface area contributed by atoms with E-state index >= 15 is 4.39 Å². The van der Waals surface area contributed by atoms with Crippen LogP contribution in [0, 0.1) is 5.82 Å². The molecule has 3 saturated heterocycles. The number of rotatable bonds is 9. The number of carbonyl (C=O) groups is 1. The number of nitrogens with two attached hydrogens (primary N) is 1. The number of nitrogens with zero attached hydrogens (tertiary/aromatic N) is 3. The zero-order valence-electron chi connectivity index (χ0n) is 22.7. The first kappa shape index (κ1) is 26.4. The molecule has 41 heavy (non-hydrogen) atoms. The smallest absolute Gasteiger partial charge is 0.263 e. The Labute approximate surface area is 236 Å². The molecule has 1 amide bonds. The number of ether oxygens (including phenoxy) is 4. The maximum atomic E-state index is 15.1. The molecular weight excluding hydrogens is 531 g/mol. The van der Waals surface area contributed by atoms with Crippen LogP contribution in [0.1, 0.15) is 43.4 Å². The molecule has 11 nitrogen and oxygen atoms in total. The second kappa shape index (κ2) is 10.4. The van der Waals surface area contributed by atoms with Crippen molar-refractivity contribution in [3.63, 3.8) is 0 Å². The number of hydrogen-bond acceptors (Lipinski definition) is 10. The second-order valence-corrected chi connectivity index (χ2v) is 11.5. The average Bonchev–Trinajstić information content (AvgIpc) is 2.99. The third-order valence-corrected chi connectivity index (χ3v) is 8.90. The molecule has 2 atom stereocenters. The lowest BCUT2D eigenvalue weighted by Gasteiger charge is -2.53. The van der Waals surface area contributed by atoms with Gasteiger partial charge in [0.2, 0.25) is 5.88 Å². The normalized spacial score (nSPS) is 28.5. The Balaban J connectivity index is 0.982. The third kappa shape index (κ3) is 5.21. The zero-order valence-corrected chi connectivity index (χ0v) is 22.7. The van der Waals surface area contributed by atoms with Crippen LogP contribution >= 0.6 is 0 Å². The van der Waals surface area contributed by atoms with Gasteiger partial charge in [0.15, 0.2) is 18.2 Å². The van der Waals surface area contributed by atoms with Crippen LogP contribution in [-0.2, 0) is 27.2 Å². The van der Waals surface area contributed by atoms with E-state index in [-0.39, 0.29) is 41.6 Å². The number of fused-ring (bicyclic) bond motifs is 5. The molecule has 8 rings (SSSR count). The highest BCUT2D eigenvalue weighted by molar-refractivity contribution is 5.94. The Morgan fingerprint density at radius 2 is 2.05 bits per heavy atom. The molecule has 3 aromatic rings. The summed E-state index contributed by atoms with van der Waals surface area (Å²) in [6, 6.07) is 7.25. The van der Waals surface area contributed by atoms with Gasteiger partial charge in [-0.2, -0.15) is 0 Å². The molecule has 0 spiro atoms. The Morgan fingerprint density at radius 1 is 1.17 bits per heavy atom. The summed E-state index contributed by atoms with van der Waals surface area (Å²) in [6.07, 6.45) is 5.99. The van der Waals surface area contributed by atoms with Gasteiger partial charge < -0.3 is 35.3 Å². The van der Waals surface area contributed by atoms with E-state index in [0.29, 0.717) is 73.3 Å². The molecule has 216 valence electrons. The average molecular weight is 565 g/mol. The van der Waals surface area contributed by atoms with Crippen LogP contribution in [-0.4, -0.2) is 70.6 Å². The van der Waals surface area contributed by atoms with Crippen LogP contribution in [0.2, 0.25) is 0 Å². The molecule has 5 aliphatic rings. The Morgan fingerprint density at radius 3 is 2.80 bits per heavy atom. The minimum absolute atomic E-state index is 0.0102. The van der Waals surface area contributed by atoms with Gasteiger partial charge in [-0.05, 0) is 56.7 Å². The first-order chi connectivity index (χ1) is 19.9. The van der Waals surface area contributed by atoms with E-state index in [0.717, 1.165) is 31.4 Å². The Hall–Kier alpha value is -3.45. The number of amides is 1. The molecule has 1 aliphatic carbocycles. The van der Waals surface area contributed by atoms with Gasteiger partial charge in [-0.25, -0.2) is 14.4 Å². The molecule has 0 radical (unpaired) electrons. The summed E-state index contributed by atoms with van der Waals surface area (Å²) in [5, 5.41) is 6.43. The number of nitrogens with one attached hydrogen (secondary N) is 2. The predicted molar refractivity (Wildman–Crippen MR) is 146 cm³/mol. The van der Waals surface area contributed by atoms with Crippen molar-refractivity contribution in [1.82, 2.24) is 20.3 Å². The lowest BCUT2D eigenvalue weighted by molar-refractivity contribution is -0.165. The van der Waals surface area contributed by atoms with E-state index in [1.54, 1.807) is 12.1 Å². The maximum Gasteiger partial charge on any atom is 0.263 e. The molecule has 2 bridgehead atoms.